The Bertz CT molecular complexity index is 413. The molecule has 0 aliphatic heterocycles. The summed E-state index contributed by atoms with van der Waals surface area (Å²) in [5.74, 6) is 1.86. The van der Waals surface area contributed by atoms with Gasteiger partial charge in [-0.05, 0) is 48.4 Å². The van der Waals surface area contributed by atoms with Crippen LogP contribution < -0.4 is 4.74 Å². The predicted octanol–water partition coefficient (Wildman–Crippen LogP) is 4.32. The minimum Gasteiger partial charge on any atom is -0.493 e. The van der Waals surface area contributed by atoms with Gasteiger partial charge in [0.2, 0.25) is 0 Å². The van der Waals surface area contributed by atoms with Crippen LogP contribution >= 0.6 is 15.9 Å². The van der Waals surface area contributed by atoms with E-state index in [-0.39, 0.29) is 5.92 Å². The minimum absolute atomic E-state index is 0.205. The van der Waals surface area contributed by atoms with Crippen LogP contribution in [-0.4, -0.2) is 12.9 Å². The molecule has 0 radical (unpaired) electrons. The summed E-state index contributed by atoms with van der Waals surface area (Å²) in [5.41, 5.74) is 1.12. The number of aldehydes is 1. The second-order valence-corrected chi connectivity index (χ2v) is 6.01. The monoisotopic (exact) mass is 310 g/mol. The molecular formula is C15H19BrO2. The topological polar surface area (TPSA) is 26.3 Å². The second-order valence-electron chi connectivity index (χ2n) is 5.09. The number of rotatable bonds is 6. The van der Waals surface area contributed by atoms with E-state index in [9.17, 15) is 4.79 Å². The smallest absolute Gasteiger partial charge is 0.122 e. The first-order valence-corrected chi connectivity index (χ1v) is 7.36. The summed E-state index contributed by atoms with van der Waals surface area (Å²) < 4.78 is 6.96. The Balaban J connectivity index is 2.08. The van der Waals surface area contributed by atoms with Gasteiger partial charge in [0.05, 0.1) is 6.61 Å². The van der Waals surface area contributed by atoms with Crippen molar-refractivity contribution in [2.45, 2.75) is 38.5 Å². The van der Waals surface area contributed by atoms with E-state index in [1.807, 2.05) is 12.1 Å². The molecule has 0 bridgehead atoms. The largest absolute Gasteiger partial charge is 0.493 e. The van der Waals surface area contributed by atoms with E-state index in [0.29, 0.717) is 6.42 Å². The molecule has 1 aliphatic rings. The Labute approximate surface area is 117 Å². The van der Waals surface area contributed by atoms with Gasteiger partial charge < -0.3 is 9.53 Å². The maximum Gasteiger partial charge on any atom is 0.122 e. The van der Waals surface area contributed by atoms with Crippen molar-refractivity contribution < 1.29 is 9.53 Å². The van der Waals surface area contributed by atoms with Gasteiger partial charge >= 0.3 is 0 Å². The lowest BCUT2D eigenvalue weighted by Gasteiger charge is -2.26. The van der Waals surface area contributed by atoms with Gasteiger partial charge in [-0.25, -0.2) is 0 Å². The maximum absolute atomic E-state index is 10.7. The molecule has 0 N–H and O–H groups in total. The standard InChI is InChI=1S/C15H19BrO2/c1-11(7-8-17)14-9-13(16)5-6-15(14)18-10-12-3-2-4-12/h5-6,8-9,11-12H,2-4,7,10H2,1H3. The summed E-state index contributed by atoms with van der Waals surface area (Å²) in [5, 5.41) is 0. The van der Waals surface area contributed by atoms with Gasteiger partial charge in [0.1, 0.15) is 12.0 Å². The molecule has 0 aromatic heterocycles. The fourth-order valence-corrected chi connectivity index (χ4v) is 2.55. The third kappa shape index (κ3) is 3.35. The summed E-state index contributed by atoms with van der Waals surface area (Å²) >= 11 is 3.48. The van der Waals surface area contributed by atoms with Gasteiger partial charge in [-0.3, -0.25) is 0 Å². The number of halogens is 1. The Morgan fingerprint density at radius 1 is 1.50 bits per heavy atom. The number of hydrogen-bond donors (Lipinski definition) is 0. The van der Waals surface area contributed by atoms with Gasteiger partial charge in [-0.2, -0.15) is 0 Å². The number of hydrogen-bond acceptors (Lipinski definition) is 2. The molecule has 18 heavy (non-hydrogen) atoms. The predicted molar refractivity (Wildman–Crippen MR) is 76.1 cm³/mol. The van der Waals surface area contributed by atoms with Gasteiger partial charge in [-0.1, -0.05) is 29.3 Å². The highest BCUT2D eigenvalue weighted by Crippen LogP contribution is 2.33. The van der Waals surface area contributed by atoms with Crippen molar-refractivity contribution in [1.29, 1.82) is 0 Å². The molecule has 1 unspecified atom stereocenters. The number of ether oxygens (including phenoxy) is 1. The molecule has 2 nitrogen and oxygen atoms in total. The number of carbonyl (C=O) groups excluding carboxylic acids is 1. The molecule has 3 heteroatoms. The lowest BCUT2D eigenvalue weighted by Crippen LogP contribution is -2.19. The van der Waals surface area contributed by atoms with Crippen molar-refractivity contribution >= 4 is 22.2 Å². The number of benzene rings is 1. The molecule has 0 heterocycles. The van der Waals surface area contributed by atoms with Crippen molar-refractivity contribution in [2.75, 3.05) is 6.61 Å². The van der Waals surface area contributed by atoms with Crippen LogP contribution in [-0.2, 0) is 4.79 Å². The van der Waals surface area contributed by atoms with E-state index in [1.165, 1.54) is 19.3 Å². The van der Waals surface area contributed by atoms with E-state index < -0.39 is 0 Å². The fraction of sp³-hybridized carbons (Fsp3) is 0.533. The first-order valence-electron chi connectivity index (χ1n) is 6.56. The van der Waals surface area contributed by atoms with E-state index in [4.69, 9.17) is 4.74 Å². The summed E-state index contributed by atoms with van der Waals surface area (Å²) in [6, 6.07) is 6.05. The molecule has 1 saturated carbocycles. The quantitative estimate of drug-likeness (QED) is 0.731. The molecule has 1 fully saturated rings. The van der Waals surface area contributed by atoms with Crippen molar-refractivity contribution in [1.82, 2.24) is 0 Å². The molecule has 1 atom stereocenters. The Kier molecular flexibility index (Phi) is 4.81. The molecule has 2 rings (SSSR count). The van der Waals surface area contributed by atoms with Crippen LogP contribution in [0, 0.1) is 5.92 Å². The molecule has 1 aromatic carbocycles. The summed E-state index contributed by atoms with van der Waals surface area (Å²) in [6.07, 6.45) is 5.42. The number of carbonyl (C=O) groups is 1. The molecule has 0 spiro atoms. The van der Waals surface area contributed by atoms with Gasteiger partial charge in [-0.15, -0.1) is 0 Å². The van der Waals surface area contributed by atoms with Crippen LogP contribution in [0.2, 0.25) is 0 Å². The van der Waals surface area contributed by atoms with E-state index in [0.717, 1.165) is 34.6 Å². The Morgan fingerprint density at radius 3 is 2.89 bits per heavy atom. The van der Waals surface area contributed by atoms with E-state index >= 15 is 0 Å². The first kappa shape index (κ1) is 13.6. The molecule has 1 aliphatic carbocycles. The Morgan fingerprint density at radius 2 is 2.28 bits per heavy atom. The average Bonchev–Trinajstić information content (AvgIpc) is 2.29. The zero-order chi connectivity index (χ0) is 13.0. The van der Waals surface area contributed by atoms with Crippen LogP contribution in [0.15, 0.2) is 22.7 Å². The van der Waals surface area contributed by atoms with Crippen LogP contribution in [0.1, 0.15) is 44.1 Å². The zero-order valence-corrected chi connectivity index (χ0v) is 12.3. The van der Waals surface area contributed by atoms with Crippen LogP contribution in [0.3, 0.4) is 0 Å². The van der Waals surface area contributed by atoms with Crippen molar-refractivity contribution in [3.63, 3.8) is 0 Å². The summed E-state index contributed by atoms with van der Waals surface area (Å²) in [4.78, 5) is 10.7. The lowest BCUT2D eigenvalue weighted by molar-refractivity contribution is -0.108. The Hall–Kier alpha value is -0.830. The summed E-state index contributed by atoms with van der Waals surface area (Å²) in [7, 11) is 0. The highest BCUT2D eigenvalue weighted by molar-refractivity contribution is 9.10. The second kappa shape index (κ2) is 6.37. The molecule has 0 saturated heterocycles. The SMILES string of the molecule is CC(CC=O)c1cc(Br)ccc1OCC1CCC1. The molecular weight excluding hydrogens is 292 g/mol. The van der Waals surface area contributed by atoms with Crippen LogP contribution in [0.5, 0.6) is 5.75 Å². The minimum atomic E-state index is 0.205. The highest BCUT2D eigenvalue weighted by Gasteiger charge is 2.19. The van der Waals surface area contributed by atoms with Gasteiger partial charge in [0.15, 0.2) is 0 Å². The van der Waals surface area contributed by atoms with E-state index in [1.54, 1.807) is 0 Å². The third-order valence-corrected chi connectivity index (χ3v) is 4.15. The van der Waals surface area contributed by atoms with Crippen LogP contribution in [0.25, 0.3) is 0 Å². The van der Waals surface area contributed by atoms with Crippen molar-refractivity contribution in [2.24, 2.45) is 5.92 Å². The van der Waals surface area contributed by atoms with Gasteiger partial charge in [0, 0.05) is 10.9 Å². The van der Waals surface area contributed by atoms with Crippen molar-refractivity contribution in [3.05, 3.63) is 28.2 Å². The van der Waals surface area contributed by atoms with Crippen LogP contribution in [0.4, 0.5) is 0 Å². The van der Waals surface area contributed by atoms with Gasteiger partial charge in [0.25, 0.3) is 0 Å². The first-order chi connectivity index (χ1) is 8.70. The molecule has 0 amide bonds. The maximum atomic E-state index is 10.7. The average molecular weight is 311 g/mol. The zero-order valence-electron chi connectivity index (χ0n) is 10.7. The molecule has 98 valence electrons. The normalized spacial score (nSPS) is 17.0. The fourth-order valence-electron chi connectivity index (χ4n) is 2.17. The van der Waals surface area contributed by atoms with E-state index in [2.05, 4.69) is 28.9 Å². The highest BCUT2D eigenvalue weighted by atomic mass is 79.9. The lowest BCUT2D eigenvalue weighted by atomic mass is 9.86. The molecule has 1 aromatic rings. The van der Waals surface area contributed by atoms with Crippen molar-refractivity contribution in [3.8, 4) is 5.75 Å². The third-order valence-electron chi connectivity index (χ3n) is 3.65. The summed E-state index contributed by atoms with van der Waals surface area (Å²) in [6.45, 7) is 2.87.